The number of aromatic nitrogens is 1. The van der Waals surface area contributed by atoms with Gasteiger partial charge in [0.25, 0.3) is 5.91 Å². The van der Waals surface area contributed by atoms with Crippen molar-refractivity contribution < 1.29 is 9.53 Å². The van der Waals surface area contributed by atoms with Gasteiger partial charge in [0.1, 0.15) is 18.2 Å². The Kier molecular flexibility index (Phi) is 5.94. The molecule has 1 heterocycles. The van der Waals surface area contributed by atoms with Gasteiger partial charge in [0.05, 0.1) is 5.56 Å². The standard InChI is InChI=1S/C23H25N3O2/c1-23(2,3)26-21-14-9-18(15-24-21)22(27)25-19-10-12-20(13-11-19)28-16-17-7-5-4-6-8-17/h4-15H,16H2,1-3H3,(H,24,26)(H,25,27). The van der Waals surface area contributed by atoms with Crippen LogP contribution in [0.3, 0.4) is 0 Å². The summed E-state index contributed by atoms with van der Waals surface area (Å²) < 4.78 is 5.76. The van der Waals surface area contributed by atoms with E-state index in [1.54, 1.807) is 18.3 Å². The van der Waals surface area contributed by atoms with Gasteiger partial charge in [0.15, 0.2) is 0 Å². The zero-order valence-corrected chi connectivity index (χ0v) is 16.4. The molecule has 3 aromatic rings. The molecule has 0 fully saturated rings. The minimum Gasteiger partial charge on any atom is -0.489 e. The van der Waals surface area contributed by atoms with Crippen molar-refractivity contribution in [1.29, 1.82) is 0 Å². The number of benzene rings is 2. The Bertz CT molecular complexity index is 899. The van der Waals surface area contributed by atoms with E-state index in [9.17, 15) is 4.79 Å². The van der Waals surface area contributed by atoms with Crippen LogP contribution in [0, 0.1) is 0 Å². The number of nitrogens with one attached hydrogen (secondary N) is 2. The van der Waals surface area contributed by atoms with Gasteiger partial charge in [-0.2, -0.15) is 0 Å². The number of amides is 1. The number of ether oxygens (including phenoxy) is 1. The van der Waals surface area contributed by atoms with Crippen LogP contribution in [0.5, 0.6) is 5.75 Å². The highest BCUT2D eigenvalue weighted by Gasteiger charge is 2.11. The van der Waals surface area contributed by atoms with Gasteiger partial charge in [-0.15, -0.1) is 0 Å². The molecule has 5 nitrogen and oxygen atoms in total. The average Bonchev–Trinajstić information content (AvgIpc) is 2.67. The van der Waals surface area contributed by atoms with Crippen LogP contribution >= 0.6 is 0 Å². The van der Waals surface area contributed by atoms with Crippen molar-refractivity contribution in [3.63, 3.8) is 0 Å². The molecule has 0 radical (unpaired) electrons. The lowest BCUT2D eigenvalue weighted by atomic mass is 10.1. The van der Waals surface area contributed by atoms with Crippen molar-refractivity contribution >= 4 is 17.4 Å². The molecule has 2 N–H and O–H groups in total. The molecule has 0 spiro atoms. The monoisotopic (exact) mass is 375 g/mol. The minimum absolute atomic E-state index is 0.0822. The van der Waals surface area contributed by atoms with Gasteiger partial charge in [-0.25, -0.2) is 4.98 Å². The smallest absolute Gasteiger partial charge is 0.257 e. The van der Waals surface area contributed by atoms with Crippen LogP contribution in [0.25, 0.3) is 0 Å². The van der Waals surface area contributed by atoms with Gasteiger partial charge in [0.2, 0.25) is 0 Å². The van der Waals surface area contributed by atoms with Crippen molar-refractivity contribution in [2.75, 3.05) is 10.6 Å². The number of hydrogen-bond donors (Lipinski definition) is 2. The highest BCUT2D eigenvalue weighted by molar-refractivity contribution is 6.04. The lowest BCUT2D eigenvalue weighted by molar-refractivity contribution is 0.102. The third-order valence-electron chi connectivity index (χ3n) is 3.89. The fourth-order valence-electron chi connectivity index (χ4n) is 2.56. The van der Waals surface area contributed by atoms with E-state index in [2.05, 4.69) is 36.4 Å². The second-order valence-electron chi connectivity index (χ2n) is 7.56. The largest absolute Gasteiger partial charge is 0.489 e. The fraction of sp³-hybridized carbons (Fsp3) is 0.217. The Hall–Kier alpha value is -3.34. The molecule has 0 aliphatic rings. The van der Waals surface area contributed by atoms with Gasteiger partial charge in [0, 0.05) is 17.4 Å². The number of carbonyl (C=O) groups is 1. The van der Waals surface area contributed by atoms with Crippen LogP contribution in [0.4, 0.5) is 11.5 Å². The first kappa shape index (κ1) is 19.4. The zero-order valence-electron chi connectivity index (χ0n) is 16.4. The minimum atomic E-state index is -0.201. The molecule has 5 heteroatoms. The lowest BCUT2D eigenvalue weighted by Gasteiger charge is -2.21. The Morgan fingerprint density at radius 1 is 0.964 bits per heavy atom. The lowest BCUT2D eigenvalue weighted by Crippen LogP contribution is -2.26. The normalized spacial score (nSPS) is 11.0. The first-order valence-corrected chi connectivity index (χ1v) is 9.21. The summed E-state index contributed by atoms with van der Waals surface area (Å²) in [4.78, 5) is 16.7. The van der Waals surface area contributed by atoms with Crippen molar-refractivity contribution in [1.82, 2.24) is 4.98 Å². The second kappa shape index (κ2) is 8.57. The topological polar surface area (TPSA) is 63.2 Å². The molecule has 3 rings (SSSR count). The number of pyridine rings is 1. The predicted octanol–water partition coefficient (Wildman–Crippen LogP) is 5.12. The highest BCUT2D eigenvalue weighted by atomic mass is 16.5. The maximum absolute atomic E-state index is 12.4. The molecule has 144 valence electrons. The van der Waals surface area contributed by atoms with Gasteiger partial charge in [-0.1, -0.05) is 30.3 Å². The number of nitrogens with zero attached hydrogens (tertiary/aromatic N) is 1. The molecule has 0 aliphatic carbocycles. The highest BCUT2D eigenvalue weighted by Crippen LogP contribution is 2.18. The maximum Gasteiger partial charge on any atom is 0.257 e. The number of hydrogen-bond acceptors (Lipinski definition) is 4. The van der Waals surface area contributed by atoms with Crippen molar-refractivity contribution in [3.05, 3.63) is 84.1 Å². The van der Waals surface area contributed by atoms with E-state index in [1.165, 1.54) is 0 Å². The predicted molar refractivity (Wildman–Crippen MR) is 113 cm³/mol. The van der Waals surface area contributed by atoms with Crippen LogP contribution < -0.4 is 15.4 Å². The second-order valence-corrected chi connectivity index (χ2v) is 7.56. The van der Waals surface area contributed by atoms with Gasteiger partial charge >= 0.3 is 0 Å². The molecule has 0 saturated heterocycles. The average molecular weight is 375 g/mol. The number of rotatable bonds is 6. The third-order valence-corrected chi connectivity index (χ3v) is 3.89. The zero-order chi connectivity index (χ0) is 20.0. The van der Waals surface area contributed by atoms with Crippen LogP contribution in [-0.2, 0) is 6.61 Å². The fourth-order valence-corrected chi connectivity index (χ4v) is 2.56. The van der Waals surface area contributed by atoms with E-state index in [4.69, 9.17) is 4.74 Å². The van der Waals surface area contributed by atoms with Gasteiger partial charge in [-0.05, 0) is 62.7 Å². The summed E-state index contributed by atoms with van der Waals surface area (Å²) in [6.07, 6.45) is 1.57. The molecule has 1 amide bonds. The Morgan fingerprint density at radius 3 is 2.29 bits per heavy atom. The van der Waals surface area contributed by atoms with Crippen LogP contribution in [0.2, 0.25) is 0 Å². The van der Waals surface area contributed by atoms with E-state index >= 15 is 0 Å². The van der Waals surface area contributed by atoms with Crippen LogP contribution in [0.1, 0.15) is 36.7 Å². The summed E-state index contributed by atoms with van der Waals surface area (Å²) in [5.41, 5.74) is 2.23. The third kappa shape index (κ3) is 5.84. The van der Waals surface area contributed by atoms with E-state index < -0.39 is 0 Å². The van der Waals surface area contributed by atoms with Gasteiger partial charge in [-0.3, -0.25) is 4.79 Å². The van der Waals surface area contributed by atoms with E-state index in [-0.39, 0.29) is 11.4 Å². The van der Waals surface area contributed by atoms with Crippen molar-refractivity contribution in [2.45, 2.75) is 32.9 Å². The molecule has 0 unspecified atom stereocenters. The molecular formula is C23H25N3O2. The molecule has 28 heavy (non-hydrogen) atoms. The van der Waals surface area contributed by atoms with E-state index in [0.717, 1.165) is 17.1 Å². The molecule has 2 aromatic carbocycles. The maximum atomic E-state index is 12.4. The van der Waals surface area contributed by atoms with Gasteiger partial charge < -0.3 is 15.4 Å². The SMILES string of the molecule is CC(C)(C)Nc1ccc(C(=O)Nc2ccc(OCc3ccccc3)cc2)cn1. The van der Waals surface area contributed by atoms with Crippen molar-refractivity contribution in [2.24, 2.45) is 0 Å². The summed E-state index contributed by atoms with van der Waals surface area (Å²) in [6, 6.07) is 20.9. The number of anilines is 2. The molecular weight excluding hydrogens is 350 g/mol. The van der Waals surface area contributed by atoms with E-state index in [0.29, 0.717) is 17.9 Å². The number of carbonyl (C=O) groups excluding carboxylic acids is 1. The summed E-state index contributed by atoms with van der Waals surface area (Å²) in [6.45, 7) is 6.68. The quantitative estimate of drug-likeness (QED) is 0.627. The molecule has 0 bridgehead atoms. The van der Waals surface area contributed by atoms with Crippen LogP contribution in [0.15, 0.2) is 72.9 Å². The van der Waals surface area contributed by atoms with Crippen LogP contribution in [-0.4, -0.2) is 16.4 Å². The molecule has 0 saturated carbocycles. The summed E-state index contributed by atoms with van der Waals surface area (Å²) in [5.74, 6) is 1.29. The molecule has 0 atom stereocenters. The summed E-state index contributed by atoms with van der Waals surface area (Å²) in [5, 5.41) is 6.14. The first-order valence-electron chi connectivity index (χ1n) is 9.21. The Balaban J connectivity index is 1.55. The first-order chi connectivity index (χ1) is 13.4. The van der Waals surface area contributed by atoms with Crippen molar-refractivity contribution in [3.8, 4) is 5.75 Å². The summed E-state index contributed by atoms with van der Waals surface area (Å²) >= 11 is 0. The Morgan fingerprint density at radius 2 is 1.68 bits per heavy atom. The van der Waals surface area contributed by atoms with E-state index in [1.807, 2.05) is 54.6 Å². The summed E-state index contributed by atoms with van der Waals surface area (Å²) in [7, 11) is 0. The molecule has 0 aliphatic heterocycles. The Labute approximate surface area is 165 Å². The molecule has 1 aromatic heterocycles.